The van der Waals surface area contributed by atoms with E-state index in [-0.39, 0.29) is 11.5 Å². The molecule has 3 nitrogen and oxygen atoms in total. The highest BCUT2D eigenvalue weighted by Gasteiger charge is 2.47. The second-order valence-electron chi connectivity index (χ2n) is 9.31. The van der Waals surface area contributed by atoms with Gasteiger partial charge in [0.15, 0.2) is 0 Å². The summed E-state index contributed by atoms with van der Waals surface area (Å²) in [5.41, 5.74) is 0.480. The molecule has 2 aliphatic rings. The summed E-state index contributed by atoms with van der Waals surface area (Å²) in [5, 5.41) is 0.806. The molecule has 0 aromatic heterocycles. The number of benzene rings is 2. The van der Waals surface area contributed by atoms with Crippen molar-refractivity contribution in [2.75, 3.05) is 33.4 Å². The molecule has 2 aromatic rings. The van der Waals surface area contributed by atoms with Gasteiger partial charge >= 0.3 is 6.18 Å². The number of hydrogen-bond donors (Lipinski definition) is 0. The lowest BCUT2D eigenvalue weighted by Gasteiger charge is -2.49. The number of hydrogen-bond acceptors (Lipinski definition) is 3. The normalized spacial score (nSPS) is 21.9. The molecule has 0 amide bonds. The van der Waals surface area contributed by atoms with Gasteiger partial charge in [0.05, 0.1) is 18.3 Å². The van der Waals surface area contributed by atoms with Gasteiger partial charge in [-0.2, -0.15) is 13.2 Å². The van der Waals surface area contributed by atoms with Crippen LogP contribution in [0.25, 0.3) is 0 Å². The Morgan fingerprint density at radius 1 is 1.09 bits per heavy atom. The molecule has 0 spiro atoms. The maximum atomic E-state index is 12.8. The maximum absolute atomic E-state index is 12.8. The van der Waals surface area contributed by atoms with Gasteiger partial charge in [-0.15, -0.1) is 0 Å². The first-order valence-corrected chi connectivity index (χ1v) is 12.0. The fourth-order valence-electron chi connectivity index (χ4n) is 5.30. The average Bonchev–Trinajstić information content (AvgIpc) is 2.77. The molecule has 0 N–H and O–H groups in total. The fraction of sp³-hybridized carbons (Fsp3) is 0.538. The predicted octanol–water partition coefficient (Wildman–Crippen LogP) is 6.59. The lowest BCUT2D eigenvalue weighted by atomic mass is 9.61. The number of halogens is 4. The van der Waals surface area contributed by atoms with E-state index in [4.69, 9.17) is 21.1 Å². The Morgan fingerprint density at radius 2 is 1.82 bits per heavy atom. The molecule has 1 heterocycles. The Hall–Kier alpha value is -1.76. The molecule has 7 heteroatoms. The monoisotopic (exact) mass is 481 g/mol. The molecule has 180 valence electrons. The molecule has 1 aliphatic carbocycles. The third kappa shape index (κ3) is 5.50. The minimum absolute atomic E-state index is 0.0449. The molecular formula is C26H31ClF3NO2. The minimum Gasteiger partial charge on any atom is -0.493 e. The van der Waals surface area contributed by atoms with E-state index in [0.717, 1.165) is 62.5 Å². The molecule has 33 heavy (non-hydrogen) atoms. The molecule has 1 saturated carbocycles. The molecule has 2 aromatic carbocycles. The summed E-state index contributed by atoms with van der Waals surface area (Å²) in [6.07, 6.45) is 1.16. The van der Waals surface area contributed by atoms with Gasteiger partial charge in [0.2, 0.25) is 0 Å². The number of nitrogens with zero attached hydrogens (tertiary/aromatic N) is 1. The van der Waals surface area contributed by atoms with Crippen molar-refractivity contribution in [1.29, 1.82) is 0 Å². The third-order valence-corrected chi connectivity index (χ3v) is 7.58. The van der Waals surface area contributed by atoms with Crippen molar-refractivity contribution in [2.45, 2.75) is 49.8 Å². The van der Waals surface area contributed by atoms with Crippen LogP contribution >= 0.6 is 11.6 Å². The van der Waals surface area contributed by atoms with E-state index < -0.39 is 11.7 Å². The highest BCUT2D eigenvalue weighted by Crippen LogP contribution is 2.49. The van der Waals surface area contributed by atoms with Crippen LogP contribution in [0.5, 0.6) is 5.75 Å². The molecule has 1 saturated heterocycles. The number of piperidine rings is 1. The van der Waals surface area contributed by atoms with Crippen LogP contribution in [0.3, 0.4) is 0 Å². The van der Waals surface area contributed by atoms with E-state index in [2.05, 4.69) is 11.0 Å². The summed E-state index contributed by atoms with van der Waals surface area (Å²) in [6.45, 7) is 3.22. The van der Waals surface area contributed by atoms with Gasteiger partial charge in [-0.25, -0.2) is 0 Å². The van der Waals surface area contributed by atoms with Crippen molar-refractivity contribution in [3.8, 4) is 5.75 Å². The summed E-state index contributed by atoms with van der Waals surface area (Å²) in [5.74, 6) is 0.804. The van der Waals surface area contributed by atoms with Crippen LogP contribution in [-0.4, -0.2) is 44.4 Å². The maximum Gasteiger partial charge on any atom is 0.416 e. The second kappa shape index (κ2) is 10.2. The van der Waals surface area contributed by atoms with Crippen LogP contribution in [0.15, 0.2) is 48.5 Å². The molecule has 0 bridgehead atoms. The van der Waals surface area contributed by atoms with Gasteiger partial charge in [-0.05, 0) is 68.1 Å². The van der Waals surface area contributed by atoms with Gasteiger partial charge < -0.3 is 14.4 Å². The summed E-state index contributed by atoms with van der Waals surface area (Å²) < 4.78 is 50.1. The Kier molecular flexibility index (Phi) is 7.56. The van der Waals surface area contributed by atoms with Crippen LogP contribution in [-0.2, 0) is 16.3 Å². The zero-order valence-electron chi connectivity index (χ0n) is 18.9. The first-order valence-electron chi connectivity index (χ1n) is 11.6. The lowest BCUT2D eigenvalue weighted by Crippen LogP contribution is -2.53. The lowest BCUT2D eigenvalue weighted by molar-refractivity contribution is -0.137. The van der Waals surface area contributed by atoms with E-state index in [0.29, 0.717) is 18.3 Å². The number of likely N-dealkylation sites (tertiary alicyclic amines) is 1. The summed E-state index contributed by atoms with van der Waals surface area (Å²) in [6, 6.07) is 13.0. The average molecular weight is 482 g/mol. The molecule has 4 rings (SSSR count). The second-order valence-corrected chi connectivity index (χ2v) is 9.72. The topological polar surface area (TPSA) is 21.7 Å². The molecule has 1 aliphatic heterocycles. The molecule has 2 atom stereocenters. The number of methoxy groups -OCH3 is 1. The standard InChI is InChI=1S/C26H31ClF3NO2/c1-32-24(25(13-5-14-25)22-7-2-3-8-23(22)27)17-31-15-4-6-19(16-31)18-33-21-11-9-20(10-12-21)26(28,29)30/h2-3,7-12,19,24H,4-6,13-18H2,1H3/t19-,24+/m1/s1. The van der Waals surface area contributed by atoms with Gasteiger partial charge in [0.25, 0.3) is 0 Å². The third-order valence-electron chi connectivity index (χ3n) is 7.25. The van der Waals surface area contributed by atoms with Gasteiger partial charge in [-0.1, -0.05) is 36.2 Å². The number of ether oxygens (including phenoxy) is 2. The molecule has 0 radical (unpaired) electrons. The Morgan fingerprint density at radius 3 is 2.42 bits per heavy atom. The van der Waals surface area contributed by atoms with Gasteiger partial charge in [-0.3, -0.25) is 0 Å². The van der Waals surface area contributed by atoms with E-state index >= 15 is 0 Å². The van der Waals surface area contributed by atoms with Crippen molar-refractivity contribution in [3.05, 3.63) is 64.7 Å². The SMILES string of the molecule is CO[C@@H](CN1CCC[C@@H](COc2ccc(C(F)(F)F)cc2)C1)C1(c2ccccc2Cl)CCC1. The Labute approximate surface area is 198 Å². The molecule has 0 unspecified atom stereocenters. The van der Waals surface area contributed by atoms with Crippen molar-refractivity contribution >= 4 is 11.6 Å². The van der Waals surface area contributed by atoms with Crippen LogP contribution in [0.4, 0.5) is 13.2 Å². The largest absolute Gasteiger partial charge is 0.493 e. The first kappa shape index (κ1) is 24.4. The molecular weight excluding hydrogens is 451 g/mol. The summed E-state index contributed by atoms with van der Waals surface area (Å²) in [7, 11) is 1.79. The van der Waals surface area contributed by atoms with Gasteiger partial charge in [0, 0.05) is 36.6 Å². The summed E-state index contributed by atoms with van der Waals surface area (Å²) in [4.78, 5) is 2.44. The van der Waals surface area contributed by atoms with E-state index in [1.807, 2.05) is 18.2 Å². The van der Waals surface area contributed by atoms with Crippen molar-refractivity contribution in [2.24, 2.45) is 5.92 Å². The van der Waals surface area contributed by atoms with Crippen molar-refractivity contribution < 1.29 is 22.6 Å². The quantitative estimate of drug-likeness (QED) is 0.424. The van der Waals surface area contributed by atoms with E-state index in [1.54, 1.807) is 7.11 Å². The van der Waals surface area contributed by atoms with Crippen LogP contribution in [0.2, 0.25) is 5.02 Å². The Bertz CT molecular complexity index is 914. The smallest absolute Gasteiger partial charge is 0.416 e. The minimum atomic E-state index is -4.33. The first-order chi connectivity index (χ1) is 15.8. The van der Waals surface area contributed by atoms with Crippen molar-refractivity contribution in [3.63, 3.8) is 0 Å². The van der Waals surface area contributed by atoms with Crippen molar-refractivity contribution in [1.82, 2.24) is 4.90 Å². The molecule has 2 fully saturated rings. The zero-order chi connectivity index (χ0) is 23.5. The highest BCUT2D eigenvalue weighted by atomic mass is 35.5. The predicted molar refractivity (Wildman–Crippen MR) is 124 cm³/mol. The highest BCUT2D eigenvalue weighted by molar-refractivity contribution is 6.31. The fourth-order valence-corrected chi connectivity index (χ4v) is 5.63. The van der Waals surface area contributed by atoms with E-state index in [9.17, 15) is 13.2 Å². The summed E-state index contributed by atoms with van der Waals surface area (Å²) >= 11 is 6.57. The van der Waals surface area contributed by atoms with Crippen LogP contribution in [0.1, 0.15) is 43.2 Å². The number of alkyl halides is 3. The van der Waals surface area contributed by atoms with Gasteiger partial charge in [0.1, 0.15) is 5.75 Å². The zero-order valence-corrected chi connectivity index (χ0v) is 19.7. The Balaban J connectivity index is 1.35. The van der Waals surface area contributed by atoms with Crippen LogP contribution in [0, 0.1) is 5.92 Å². The van der Waals surface area contributed by atoms with E-state index in [1.165, 1.54) is 24.1 Å². The van der Waals surface area contributed by atoms with Crippen LogP contribution < -0.4 is 4.74 Å². The number of rotatable bonds is 8.